The number of anilines is 2. The van der Waals surface area contributed by atoms with E-state index in [4.69, 9.17) is 15.0 Å². The molecule has 1 unspecified atom stereocenters. The highest BCUT2D eigenvalue weighted by atomic mass is 32.1. The van der Waals surface area contributed by atoms with Crippen molar-refractivity contribution in [2.75, 3.05) is 17.2 Å². The van der Waals surface area contributed by atoms with Gasteiger partial charge in [-0.1, -0.05) is 6.92 Å². The Kier molecular flexibility index (Phi) is 7.34. The molecule has 0 radical (unpaired) electrons. The van der Waals surface area contributed by atoms with Crippen LogP contribution in [0.4, 0.5) is 11.8 Å². The highest BCUT2D eigenvalue weighted by Gasteiger charge is 2.29. The fourth-order valence-corrected chi connectivity index (χ4v) is 5.63. The van der Waals surface area contributed by atoms with Gasteiger partial charge in [0.15, 0.2) is 0 Å². The molecule has 0 aromatic carbocycles. The summed E-state index contributed by atoms with van der Waals surface area (Å²) >= 11 is 1.68. The maximum absolute atomic E-state index is 12.5. The first-order valence-electron chi connectivity index (χ1n) is 13.7. The molecule has 2 fully saturated rings. The highest BCUT2D eigenvalue weighted by Crippen LogP contribution is 2.44. The van der Waals surface area contributed by atoms with Crippen molar-refractivity contribution >= 4 is 39.2 Å². The second kappa shape index (κ2) is 10.5. The molecule has 1 atom stereocenters. The van der Waals surface area contributed by atoms with Crippen molar-refractivity contribution in [3.8, 4) is 10.6 Å². The number of thiazole rings is 1. The molecule has 0 saturated heterocycles. The molecule has 3 heterocycles. The van der Waals surface area contributed by atoms with Crippen LogP contribution < -0.4 is 16.0 Å². The average Bonchev–Trinajstić information content (AvgIpc) is 3.76. The van der Waals surface area contributed by atoms with E-state index in [0.29, 0.717) is 18.3 Å². The predicted octanol–water partition coefficient (Wildman–Crippen LogP) is 6.04. The Hall–Kier alpha value is -2.81. The molecule has 8 nitrogen and oxygen atoms in total. The van der Waals surface area contributed by atoms with Gasteiger partial charge in [-0.2, -0.15) is 4.98 Å². The zero-order valence-electron chi connectivity index (χ0n) is 22.6. The minimum absolute atomic E-state index is 0.0740. The molecule has 1 amide bonds. The number of aryl methyl sites for hydroxylation is 1. The van der Waals surface area contributed by atoms with Crippen LogP contribution in [0, 0.1) is 12.8 Å². The summed E-state index contributed by atoms with van der Waals surface area (Å²) in [6.45, 7) is 11.1. The molecule has 3 aromatic rings. The number of aromatic nitrogens is 4. The van der Waals surface area contributed by atoms with Gasteiger partial charge in [0.2, 0.25) is 11.9 Å². The number of carbonyl (C=O) groups excluding carboxylic acids is 1. The van der Waals surface area contributed by atoms with Crippen LogP contribution in [0.1, 0.15) is 89.9 Å². The Balaban J connectivity index is 1.44. The number of rotatable bonds is 11. The molecular formula is C28H39N7OS. The molecule has 2 aliphatic rings. The van der Waals surface area contributed by atoms with Crippen LogP contribution in [-0.2, 0) is 4.79 Å². The highest BCUT2D eigenvalue weighted by molar-refractivity contribution is 7.21. The average molecular weight is 522 g/mol. The quantitative estimate of drug-likeness (QED) is 0.282. The number of pyridine rings is 1. The Labute approximate surface area is 223 Å². The van der Waals surface area contributed by atoms with Gasteiger partial charge in [-0.15, -0.1) is 11.3 Å². The van der Waals surface area contributed by atoms with Crippen molar-refractivity contribution in [2.24, 2.45) is 5.92 Å². The summed E-state index contributed by atoms with van der Waals surface area (Å²) in [5.74, 6) is 2.77. The summed E-state index contributed by atoms with van der Waals surface area (Å²) in [6, 6.07) is 2.16. The Morgan fingerprint density at radius 3 is 2.62 bits per heavy atom. The van der Waals surface area contributed by atoms with Crippen LogP contribution in [0.5, 0.6) is 0 Å². The zero-order valence-corrected chi connectivity index (χ0v) is 23.5. The van der Waals surface area contributed by atoms with E-state index < -0.39 is 0 Å². The van der Waals surface area contributed by atoms with Crippen molar-refractivity contribution in [1.82, 2.24) is 25.3 Å². The first kappa shape index (κ1) is 25.8. The van der Waals surface area contributed by atoms with E-state index >= 15 is 0 Å². The van der Waals surface area contributed by atoms with Crippen LogP contribution in [0.3, 0.4) is 0 Å². The molecule has 198 valence electrons. The van der Waals surface area contributed by atoms with Crippen LogP contribution in [0.2, 0.25) is 0 Å². The second-order valence-electron chi connectivity index (χ2n) is 11.6. The fraction of sp³-hybridized carbons (Fsp3) is 0.607. The molecule has 2 aliphatic carbocycles. The third-order valence-electron chi connectivity index (χ3n) is 6.92. The molecule has 2 saturated carbocycles. The van der Waals surface area contributed by atoms with Crippen molar-refractivity contribution in [3.05, 3.63) is 23.7 Å². The van der Waals surface area contributed by atoms with Gasteiger partial charge in [0.05, 0.1) is 21.7 Å². The number of amides is 1. The molecule has 3 aromatic heterocycles. The van der Waals surface area contributed by atoms with E-state index in [1.807, 2.05) is 33.9 Å². The second-order valence-corrected chi connectivity index (χ2v) is 12.6. The molecule has 0 spiro atoms. The van der Waals surface area contributed by atoms with Gasteiger partial charge in [-0.3, -0.25) is 9.78 Å². The van der Waals surface area contributed by atoms with Gasteiger partial charge in [-0.05, 0) is 78.2 Å². The number of nitrogens with zero attached hydrogens (tertiary/aromatic N) is 4. The van der Waals surface area contributed by atoms with E-state index in [0.717, 1.165) is 63.3 Å². The summed E-state index contributed by atoms with van der Waals surface area (Å²) in [7, 11) is 0. The number of carbonyl (C=O) groups is 1. The lowest BCUT2D eigenvalue weighted by Crippen LogP contribution is -2.41. The largest absolute Gasteiger partial charge is 0.367 e. The zero-order chi connectivity index (χ0) is 26.2. The van der Waals surface area contributed by atoms with Gasteiger partial charge < -0.3 is 16.0 Å². The number of hydrogen-bond donors (Lipinski definition) is 3. The summed E-state index contributed by atoms with van der Waals surface area (Å²) in [5.41, 5.74) is 3.74. The number of nitrogens with one attached hydrogen (secondary N) is 3. The van der Waals surface area contributed by atoms with Crippen molar-refractivity contribution in [1.29, 1.82) is 0 Å². The maximum atomic E-state index is 12.5. The number of hydrogen-bond acceptors (Lipinski definition) is 8. The lowest BCUT2D eigenvalue weighted by atomic mass is 10.1. The van der Waals surface area contributed by atoms with E-state index in [1.165, 1.54) is 25.7 Å². The third kappa shape index (κ3) is 6.55. The normalized spacial score (nSPS) is 16.6. The lowest BCUT2D eigenvalue weighted by Gasteiger charge is -2.23. The van der Waals surface area contributed by atoms with Crippen LogP contribution in [-0.4, -0.2) is 44.0 Å². The number of fused-ring (bicyclic) bond motifs is 1. The third-order valence-corrected chi connectivity index (χ3v) is 7.96. The van der Waals surface area contributed by atoms with Crippen molar-refractivity contribution in [3.63, 3.8) is 0 Å². The predicted molar refractivity (Wildman–Crippen MR) is 151 cm³/mol. The Bertz CT molecular complexity index is 1270. The van der Waals surface area contributed by atoms with Crippen LogP contribution in [0.25, 0.3) is 20.8 Å². The smallest absolute Gasteiger partial charge is 0.224 e. The van der Waals surface area contributed by atoms with Crippen molar-refractivity contribution < 1.29 is 4.79 Å². The fourth-order valence-electron chi connectivity index (χ4n) is 4.57. The molecular weight excluding hydrogens is 482 g/mol. The summed E-state index contributed by atoms with van der Waals surface area (Å²) < 4.78 is 1.15. The van der Waals surface area contributed by atoms with Crippen LogP contribution in [0.15, 0.2) is 12.3 Å². The summed E-state index contributed by atoms with van der Waals surface area (Å²) in [6.07, 6.45) is 8.90. The molecule has 37 heavy (non-hydrogen) atoms. The lowest BCUT2D eigenvalue weighted by molar-refractivity contribution is -0.122. The van der Waals surface area contributed by atoms with Crippen molar-refractivity contribution in [2.45, 2.75) is 97.1 Å². The molecule has 0 bridgehead atoms. The monoisotopic (exact) mass is 521 g/mol. The Morgan fingerprint density at radius 2 is 1.95 bits per heavy atom. The van der Waals surface area contributed by atoms with Gasteiger partial charge in [0.1, 0.15) is 16.3 Å². The van der Waals surface area contributed by atoms with Gasteiger partial charge in [-0.25, -0.2) is 9.97 Å². The standard InChI is InChI=1S/C28H39N7OS/c1-6-19(11-12-21(36)35-28(3,4)5)32-25-22(16(2)31-27(34-25)30-15-17-7-8-17)26-33-24-20(37-26)13-14-29-23(24)18-9-10-18/h13-14,17-19H,6-12,15H2,1-5H3,(H,35,36)(H2,30,31,32,34). The van der Waals surface area contributed by atoms with Gasteiger partial charge in [0.25, 0.3) is 0 Å². The minimum atomic E-state index is -0.230. The van der Waals surface area contributed by atoms with E-state index in [-0.39, 0.29) is 17.5 Å². The first-order chi connectivity index (χ1) is 17.7. The molecule has 3 N–H and O–H groups in total. The Morgan fingerprint density at radius 1 is 1.16 bits per heavy atom. The summed E-state index contributed by atoms with van der Waals surface area (Å²) in [5, 5.41) is 11.1. The minimum Gasteiger partial charge on any atom is -0.367 e. The molecule has 5 rings (SSSR count). The van der Waals surface area contributed by atoms with E-state index in [1.54, 1.807) is 11.3 Å². The van der Waals surface area contributed by atoms with Crippen LogP contribution >= 0.6 is 11.3 Å². The topological polar surface area (TPSA) is 105 Å². The molecule has 0 aliphatic heterocycles. The van der Waals surface area contributed by atoms with E-state index in [2.05, 4.69) is 33.9 Å². The van der Waals surface area contributed by atoms with Gasteiger partial charge >= 0.3 is 0 Å². The SMILES string of the molecule is CCC(CCC(=O)NC(C)(C)C)Nc1nc(NCC2CC2)nc(C)c1-c1nc2c(C3CC3)nccc2s1. The molecule has 9 heteroatoms. The first-order valence-corrected chi connectivity index (χ1v) is 14.5. The van der Waals surface area contributed by atoms with Gasteiger partial charge in [0, 0.05) is 36.7 Å². The maximum Gasteiger partial charge on any atom is 0.224 e. The van der Waals surface area contributed by atoms with E-state index in [9.17, 15) is 4.79 Å². The summed E-state index contributed by atoms with van der Waals surface area (Å²) in [4.78, 5) is 32.0.